The minimum absolute atomic E-state index is 0.260. The molecule has 110 valence electrons. The predicted octanol–water partition coefficient (Wildman–Crippen LogP) is 4.03. The molecular weight excluding hydrogens is 420 g/mol. The number of amides is 2. The molecule has 2 rings (SSSR count). The van der Waals surface area contributed by atoms with Crippen LogP contribution in [0.3, 0.4) is 0 Å². The molecule has 4 nitrogen and oxygen atoms in total. The van der Waals surface area contributed by atoms with Gasteiger partial charge in [-0.1, -0.05) is 15.9 Å². The highest BCUT2D eigenvalue weighted by Crippen LogP contribution is 2.22. The van der Waals surface area contributed by atoms with Crippen LogP contribution in [0.2, 0.25) is 0 Å². The van der Waals surface area contributed by atoms with Crippen molar-refractivity contribution in [2.75, 3.05) is 5.32 Å². The van der Waals surface area contributed by atoms with Gasteiger partial charge in [-0.3, -0.25) is 9.59 Å². The lowest BCUT2D eigenvalue weighted by Gasteiger charge is -2.13. The van der Waals surface area contributed by atoms with Crippen LogP contribution in [0.5, 0.6) is 0 Å². The number of anilines is 1. The van der Waals surface area contributed by atoms with Gasteiger partial charge in [0.1, 0.15) is 6.04 Å². The highest BCUT2D eigenvalue weighted by Gasteiger charge is 2.17. The number of carbonyl (C=O) groups is 2. The van der Waals surface area contributed by atoms with Crippen LogP contribution in [-0.4, -0.2) is 17.9 Å². The van der Waals surface area contributed by atoms with Gasteiger partial charge in [-0.15, -0.1) is 11.3 Å². The van der Waals surface area contributed by atoms with Crippen molar-refractivity contribution in [1.29, 1.82) is 0 Å². The maximum Gasteiger partial charge on any atom is 0.262 e. The summed E-state index contributed by atoms with van der Waals surface area (Å²) in [5.41, 5.74) is 0.683. The number of hydrogen-bond acceptors (Lipinski definition) is 3. The Morgan fingerprint density at radius 3 is 2.33 bits per heavy atom. The summed E-state index contributed by atoms with van der Waals surface area (Å²) >= 11 is 7.95. The molecule has 0 aliphatic heterocycles. The Hall–Kier alpha value is -1.18. The first-order chi connectivity index (χ1) is 9.95. The Balaban J connectivity index is 1.93. The second-order valence-electron chi connectivity index (χ2n) is 4.30. The molecule has 1 aromatic carbocycles. The van der Waals surface area contributed by atoms with Gasteiger partial charge in [0, 0.05) is 10.2 Å². The van der Waals surface area contributed by atoms with E-state index in [0.29, 0.717) is 10.6 Å². The first kappa shape index (κ1) is 16.2. The molecule has 0 fully saturated rings. The molecule has 1 atom stereocenters. The number of nitrogens with one attached hydrogen (secondary N) is 2. The van der Waals surface area contributed by atoms with Gasteiger partial charge >= 0.3 is 0 Å². The van der Waals surface area contributed by atoms with Crippen molar-refractivity contribution in [2.45, 2.75) is 13.0 Å². The van der Waals surface area contributed by atoms with Crippen LogP contribution in [0.4, 0.5) is 5.69 Å². The fourth-order valence-electron chi connectivity index (χ4n) is 1.55. The lowest BCUT2D eigenvalue weighted by molar-refractivity contribution is -0.117. The van der Waals surface area contributed by atoms with Crippen molar-refractivity contribution in [2.24, 2.45) is 0 Å². The third-order valence-electron chi connectivity index (χ3n) is 2.65. The molecule has 2 N–H and O–H groups in total. The minimum Gasteiger partial charge on any atom is -0.340 e. The van der Waals surface area contributed by atoms with Crippen LogP contribution in [0.25, 0.3) is 0 Å². The molecule has 0 unspecified atom stereocenters. The lowest BCUT2D eigenvalue weighted by Crippen LogP contribution is -2.41. The zero-order valence-electron chi connectivity index (χ0n) is 11.0. The van der Waals surface area contributed by atoms with Crippen molar-refractivity contribution >= 4 is 60.7 Å². The summed E-state index contributed by atoms with van der Waals surface area (Å²) in [6.07, 6.45) is 0. The van der Waals surface area contributed by atoms with Gasteiger partial charge in [-0.05, 0) is 59.3 Å². The molecule has 0 bridgehead atoms. The van der Waals surface area contributed by atoms with E-state index in [4.69, 9.17) is 0 Å². The summed E-state index contributed by atoms with van der Waals surface area (Å²) in [5.74, 6) is -0.523. The van der Waals surface area contributed by atoms with E-state index >= 15 is 0 Å². The van der Waals surface area contributed by atoms with Crippen molar-refractivity contribution in [3.63, 3.8) is 0 Å². The van der Waals surface area contributed by atoms with Gasteiger partial charge < -0.3 is 10.6 Å². The fraction of sp³-hybridized carbons (Fsp3) is 0.143. The van der Waals surface area contributed by atoms with Crippen molar-refractivity contribution in [3.8, 4) is 0 Å². The maximum absolute atomic E-state index is 12.0. The van der Waals surface area contributed by atoms with E-state index in [0.717, 1.165) is 8.26 Å². The summed E-state index contributed by atoms with van der Waals surface area (Å²) in [4.78, 5) is 24.5. The van der Waals surface area contributed by atoms with Crippen LogP contribution in [0.1, 0.15) is 16.6 Å². The molecule has 0 aliphatic rings. The van der Waals surface area contributed by atoms with Gasteiger partial charge in [-0.2, -0.15) is 0 Å². The van der Waals surface area contributed by atoms with E-state index < -0.39 is 6.04 Å². The number of hydrogen-bond donors (Lipinski definition) is 2. The smallest absolute Gasteiger partial charge is 0.262 e. The quantitative estimate of drug-likeness (QED) is 0.767. The molecule has 1 heterocycles. The fourth-order valence-corrected chi connectivity index (χ4v) is 3.11. The lowest BCUT2D eigenvalue weighted by atomic mass is 10.2. The number of carbonyl (C=O) groups excluding carboxylic acids is 2. The van der Waals surface area contributed by atoms with Gasteiger partial charge in [0.2, 0.25) is 5.91 Å². The standard InChI is InChI=1S/C14H12Br2N2O2S/c1-8(17-14(20)11-6-7-12(16)21-11)13(19)18-10-4-2-9(15)3-5-10/h2-8H,1H3,(H,17,20)(H,18,19)/t8-/m0/s1. The highest BCUT2D eigenvalue weighted by atomic mass is 79.9. The summed E-state index contributed by atoms with van der Waals surface area (Å²) in [6, 6.07) is 10.1. The molecule has 0 saturated carbocycles. The number of thiophene rings is 1. The van der Waals surface area contributed by atoms with E-state index in [1.807, 2.05) is 12.1 Å². The van der Waals surface area contributed by atoms with E-state index in [1.165, 1.54) is 11.3 Å². The Kier molecular flexibility index (Phi) is 5.55. The zero-order valence-corrected chi connectivity index (χ0v) is 15.0. The van der Waals surface area contributed by atoms with E-state index in [-0.39, 0.29) is 11.8 Å². The summed E-state index contributed by atoms with van der Waals surface area (Å²) in [7, 11) is 0. The molecular formula is C14H12Br2N2O2S. The van der Waals surface area contributed by atoms with Gasteiger partial charge in [0.05, 0.1) is 8.66 Å². The average Bonchev–Trinajstić information content (AvgIpc) is 2.88. The van der Waals surface area contributed by atoms with Crippen LogP contribution in [-0.2, 0) is 4.79 Å². The van der Waals surface area contributed by atoms with Crippen molar-refractivity contribution < 1.29 is 9.59 Å². The summed E-state index contributed by atoms with van der Waals surface area (Å²) in [5, 5.41) is 5.42. The predicted molar refractivity (Wildman–Crippen MR) is 91.7 cm³/mol. The number of rotatable bonds is 4. The molecule has 2 amide bonds. The highest BCUT2D eigenvalue weighted by molar-refractivity contribution is 9.11. The Morgan fingerprint density at radius 2 is 1.76 bits per heavy atom. The van der Waals surface area contributed by atoms with Crippen molar-refractivity contribution in [3.05, 3.63) is 49.5 Å². The Labute approximate surface area is 143 Å². The molecule has 0 aliphatic carbocycles. The largest absolute Gasteiger partial charge is 0.340 e. The molecule has 7 heteroatoms. The second kappa shape index (κ2) is 7.20. The molecule has 2 aromatic rings. The molecule has 21 heavy (non-hydrogen) atoms. The summed E-state index contributed by atoms with van der Waals surface area (Å²) < 4.78 is 1.81. The second-order valence-corrected chi connectivity index (χ2v) is 7.67. The first-order valence-corrected chi connectivity index (χ1v) is 8.48. The topological polar surface area (TPSA) is 58.2 Å². The SMILES string of the molecule is C[C@H](NC(=O)c1ccc(Br)s1)C(=O)Nc1ccc(Br)cc1. The van der Waals surface area contributed by atoms with Gasteiger partial charge in [0.15, 0.2) is 0 Å². The van der Waals surface area contributed by atoms with Crippen LogP contribution < -0.4 is 10.6 Å². The minimum atomic E-state index is -0.623. The molecule has 0 radical (unpaired) electrons. The normalized spacial score (nSPS) is 11.8. The first-order valence-electron chi connectivity index (χ1n) is 6.08. The monoisotopic (exact) mass is 430 g/mol. The van der Waals surface area contributed by atoms with Crippen LogP contribution in [0, 0.1) is 0 Å². The Bertz CT molecular complexity index is 655. The molecule has 1 aromatic heterocycles. The molecule has 0 spiro atoms. The third-order valence-corrected chi connectivity index (χ3v) is 4.80. The van der Waals surface area contributed by atoms with Crippen LogP contribution >= 0.6 is 43.2 Å². The van der Waals surface area contributed by atoms with E-state index in [9.17, 15) is 9.59 Å². The van der Waals surface area contributed by atoms with E-state index in [1.54, 1.807) is 31.2 Å². The van der Waals surface area contributed by atoms with E-state index in [2.05, 4.69) is 42.5 Å². The zero-order chi connectivity index (χ0) is 15.4. The van der Waals surface area contributed by atoms with Gasteiger partial charge in [0.25, 0.3) is 5.91 Å². The number of benzene rings is 1. The van der Waals surface area contributed by atoms with Gasteiger partial charge in [-0.25, -0.2) is 0 Å². The molecule has 0 saturated heterocycles. The Morgan fingerprint density at radius 1 is 1.10 bits per heavy atom. The van der Waals surface area contributed by atoms with Crippen LogP contribution in [0.15, 0.2) is 44.7 Å². The maximum atomic E-state index is 12.0. The third kappa shape index (κ3) is 4.66. The van der Waals surface area contributed by atoms with Crippen molar-refractivity contribution in [1.82, 2.24) is 5.32 Å². The average molecular weight is 432 g/mol. The summed E-state index contributed by atoms with van der Waals surface area (Å²) in [6.45, 7) is 1.65. The number of halogens is 2.